The Labute approximate surface area is 143 Å². The molecule has 0 saturated heterocycles. The number of ether oxygens (including phenoxy) is 1. The lowest BCUT2D eigenvalue weighted by atomic mass is 10.2. The summed E-state index contributed by atoms with van der Waals surface area (Å²) in [6.07, 6.45) is 0. The van der Waals surface area contributed by atoms with Crippen molar-refractivity contribution in [2.24, 2.45) is 0 Å². The number of anilines is 2. The minimum absolute atomic E-state index is 0.301. The zero-order valence-corrected chi connectivity index (χ0v) is 13.9. The Hall–Kier alpha value is -1.82. The van der Waals surface area contributed by atoms with Crippen molar-refractivity contribution >= 4 is 57.9 Å². The van der Waals surface area contributed by atoms with Gasteiger partial charge in [0.05, 0.1) is 18.4 Å². The quantitative estimate of drug-likeness (QED) is 0.623. The van der Waals surface area contributed by atoms with E-state index < -0.39 is 5.97 Å². The topological polar surface area (TPSA) is 50.4 Å². The highest BCUT2D eigenvalue weighted by atomic mass is 35.5. The van der Waals surface area contributed by atoms with Crippen LogP contribution in [0.15, 0.2) is 42.5 Å². The first-order chi connectivity index (χ1) is 10.5. The Balaban J connectivity index is 2.14. The molecule has 0 amide bonds. The first-order valence-corrected chi connectivity index (χ1v) is 7.37. The maximum absolute atomic E-state index is 11.7. The van der Waals surface area contributed by atoms with Crippen molar-refractivity contribution in [1.29, 1.82) is 0 Å². The average molecular weight is 355 g/mol. The third kappa shape index (κ3) is 4.34. The average Bonchev–Trinajstić information content (AvgIpc) is 2.45. The standard InChI is InChI=1S/C15H12Cl2N2O2S/c1-21-14(20)12-4-2-3-5-13(12)19-15(22)18-11-7-9(16)6-10(17)8-11/h2-8H,1H3,(H2,18,19,22). The van der Waals surface area contributed by atoms with E-state index >= 15 is 0 Å². The molecule has 0 saturated carbocycles. The van der Waals surface area contributed by atoms with E-state index in [0.717, 1.165) is 0 Å². The van der Waals surface area contributed by atoms with E-state index in [9.17, 15) is 4.79 Å². The van der Waals surface area contributed by atoms with E-state index in [1.54, 1.807) is 42.5 Å². The van der Waals surface area contributed by atoms with Crippen LogP contribution in [0.4, 0.5) is 11.4 Å². The van der Waals surface area contributed by atoms with Gasteiger partial charge in [-0.3, -0.25) is 0 Å². The molecule has 0 aliphatic carbocycles. The molecule has 7 heteroatoms. The second-order valence-electron chi connectivity index (χ2n) is 4.27. The summed E-state index contributed by atoms with van der Waals surface area (Å²) in [5.41, 5.74) is 1.57. The molecule has 4 nitrogen and oxygen atoms in total. The molecule has 0 aliphatic rings. The highest BCUT2D eigenvalue weighted by molar-refractivity contribution is 7.80. The monoisotopic (exact) mass is 354 g/mol. The molecule has 2 aromatic carbocycles. The first-order valence-electron chi connectivity index (χ1n) is 6.21. The van der Waals surface area contributed by atoms with Gasteiger partial charge in [0.15, 0.2) is 5.11 Å². The van der Waals surface area contributed by atoms with Gasteiger partial charge >= 0.3 is 5.97 Å². The summed E-state index contributed by atoms with van der Waals surface area (Å²) in [6, 6.07) is 11.9. The van der Waals surface area contributed by atoms with E-state index in [0.29, 0.717) is 32.1 Å². The van der Waals surface area contributed by atoms with E-state index in [1.165, 1.54) is 7.11 Å². The number of methoxy groups -OCH3 is 1. The molecule has 0 spiro atoms. The molecule has 0 radical (unpaired) electrons. The van der Waals surface area contributed by atoms with Gasteiger partial charge in [0, 0.05) is 15.7 Å². The number of rotatable bonds is 3. The van der Waals surface area contributed by atoms with Crippen molar-refractivity contribution < 1.29 is 9.53 Å². The molecular formula is C15H12Cl2N2O2S. The van der Waals surface area contributed by atoms with E-state index in [-0.39, 0.29) is 0 Å². The smallest absolute Gasteiger partial charge is 0.339 e. The molecule has 0 aromatic heterocycles. The summed E-state index contributed by atoms with van der Waals surface area (Å²) >= 11 is 17.1. The number of hydrogen-bond acceptors (Lipinski definition) is 3. The van der Waals surface area contributed by atoms with Crippen molar-refractivity contribution in [1.82, 2.24) is 0 Å². The minimum atomic E-state index is -0.448. The maximum Gasteiger partial charge on any atom is 0.339 e. The number of benzene rings is 2. The third-order valence-electron chi connectivity index (χ3n) is 2.70. The molecule has 2 rings (SSSR count). The first kappa shape index (κ1) is 16.5. The van der Waals surface area contributed by atoms with Gasteiger partial charge in [-0.2, -0.15) is 0 Å². The van der Waals surface area contributed by atoms with Crippen LogP contribution in [0.3, 0.4) is 0 Å². The molecule has 114 valence electrons. The van der Waals surface area contributed by atoms with Gasteiger partial charge in [-0.1, -0.05) is 35.3 Å². The molecular weight excluding hydrogens is 343 g/mol. The fraction of sp³-hybridized carbons (Fsp3) is 0.0667. The fourth-order valence-electron chi connectivity index (χ4n) is 1.79. The Bertz CT molecular complexity index is 702. The second kappa shape index (κ2) is 7.45. The Morgan fingerprint density at radius 1 is 1.09 bits per heavy atom. The van der Waals surface area contributed by atoms with Crippen LogP contribution in [0.5, 0.6) is 0 Å². The van der Waals surface area contributed by atoms with Gasteiger partial charge in [-0.15, -0.1) is 0 Å². The van der Waals surface area contributed by atoms with Gasteiger partial charge in [0.25, 0.3) is 0 Å². The number of nitrogens with one attached hydrogen (secondary N) is 2. The molecule has 0 fully saturated rings. The molecule has 0 heterocycles. The van der Waals surface area contributed by atoms with Gasteiger partial charge in [-0.05, 0) is 42.5 Å². The largest absolute Gasteiger partial charge is 0.465 e. The number of carbonyl (C=O) groups is 1. The van der Waals surface area contributed by atoms with E-state index in [1.807, 2.05) is 0 Å². The second-order valence-corrected chi connectivity index (χ2v) is 5.56. The van der Waals surface area contributed by atoms with E-state index in [2.05, 4.69) is 10.6 Å². The SMILES string of the molecule is COC(=O)c1ccccc1NC(=S)Nc1cc(Cl)cc(Cl)c1. The van der Waals surface area contributed by atoms with Crippen molar-refractivity contribution in [2.75, 3.05) is 17.7 Å². The summed E-state index contributed by atoms with van der Waals surface area (Å²) in [5.74, 6) is -0.448. The Morgan fingerprint density at radius 3 is 2.36 bits per heavy atom. The number of halogens is 2. The molecule has 0 atom stereocenters. The molecule has 0 aliphatic heterocycles. The maximum atomic E-state index is 11.7. The van der Waals surface area contributed by atoms with Crippen LogP contribution in [0.25, 0.3) is 0 Å². The van der Waals surface area contributed by atoms with Crippen molar-refractivity contribution in [2.45, 2.75) is 0 Å². The zero-order chi connectivity index (χ0) is 16.1. The molecule has 22 heavy (non-hydrogen) atoms. The van der Waals surface area contributed by atoms with Crippen LogP contribution in [0.1, 0.15) is 10.4 Å². The van der Waals surface area contributed by atoms with Crippen LogP contribution in [0.2, 0.25) is 10.0 Å². The number of esters is 1. The summed E-state index contributed by atoms with van der Waals surface area (Å²) in [6.45, 7) is 0. The van der Waals surface area contributed by atoms with E-state index in [4.69, 9.17) is 40.2 Å². The molecule has 2 aromatic rings. The van der Waals surface area contributed by atoms with Crippen LogP contribution < -0.4 is 10.6 Å². The lowest BCUT2D eigenvalue weighted by Gasteiger charge is -2.13. The third-order valence-corrected chi connectivity index (χ3v) is 3.34. The van der Waals surface area contributed by atoms with Gasteiger partial charge in [0.1, 0.15) is 0 Å². The zero-order valence-electron chi connectivity index (χ0n) is 11.5. The van der Waals surface area contributed by atoms with Crippen molar-refractivity contribution in [3.8, 4) is 0 Å². The van der Waals surface area contributed by atoms with Crippen LogP contribution >= 0.6 is 35.4 Å². The predicted molar refractivity (Wildman–Crippen MR) is 94.1 cm³/mol. The number of thiocarbonyl (C=S) groups is 1. The highest BCUT2D eigenvalue weighted by Crippen LogP contribution is 2.23. The number of para-hydroxylation sites is 1. The molecule has 0 bridgehead atoms. The van der Waals surface area contributed by atoms with Crippen molar-refractivity contribution in [3.63, 3.8) is 0 Å². The lowest BCUT2D eigenvalue weighted by molar-refractivity contribution is 0.0602. The van der Waals surface area contributed by atoms with Gasteiger partial charge < -0.3 is 15.4 Å². The summed E-state index contributed by atoms with van der Waals surface area (Å²) in [7, 11) is 1.32. The highest BCUT2D eigenvalue weighted by Gasteiger charge is 2.12. The Kier molecular flexibility index (Phi) is 5.60. The minimum Gasteiger partial charge on any atom is -0.465 e. The van der Waals surface area contributed by atoms with Gasteiger partial charge in [-0.25, -0.2) is 4.79 Å². The lowest BCUT2D eigenvalue weighted by Crippen LogP contribution is -2.20. The Morgan fingerprint density at radius 2 is 1.73 bits per heavy atom. The molecule has 0 unspecified atom stereocenters. The number of hydrogen-bond donors (Lipinski definition) is 2. The molecule has 2 N–H and O–H groups in total. The summed E-state index contributed by atoms with van der Waals surface area (Å²) in [4.78, 5) is 11.7. The van der Waals surface area contributed by atoms with Crippen LogP contribution in [-0.2, 0) is 4.74 Å². The van der Waals surface area contributed by atoms with Crippen LogP contribution in [0, 0.1) is 0 Å². The van der Waals surface area contributed by atoms with Gasteiger partial charge in [0.2, 0.25) is 0 Å². The van der Waals surface area contributed by atoms with Crippen LogP contribution in [-0.4, -0.2) is 18.2 Å². The number of carbonyl (C=O) groups excluding carboxylic acids is 1. The van der Waals surface area contributed by atoms with Crippen molar-refractivity contribution in [3.05, 3.63) is 58.1 Å². The normalized spacial score (nSPS) is 9.95. The fourth-order valence-corrected chi connectivity index (χ4v) is 2.54. The summed E-state index contributed by atoms with van der Waals surface area (Å²) < 4.78 is 4.73. The summed E-state index contributed by atoms with van der Waals surface area (Å²) in [5, 5.41) is 7.19. The predicted octanol–water partition coefficient (Wildman–Crippen LogP) is 4.59.